The maximum Gasteiger partial charge on any atom is 0.276 e. The van der Waals surface area contributed by atoms with Crippen molar-refractivity contribution in [2.45, 2.75) is 27.2 Å². The fourth-order valence-electron chi connectivity index (χ4n) is 2.85. The van der Waals surface area contributed by atoms with E-state index in [2.05, 4.69) is 22.9 Å². The van der Waals surface area contributed by atoms with Crippen molar-refractivity contribution in [3.63, 3.8) is 0 Å². The monoisotopic (exact) mass is 392 g/mol. The Hall–Kier alpha value is -3.61. The third-order valence-corrected chi connectivity index (χ3v) is 4.40. The van der Waals surface area contributed by atoms with E-state index in [4.69, 9.17) is 4.74 Å². The van der Waals surface area contributed by atoms with Crippen molar-refractivity contribution >= 4 is 11.8 Å². The van der Waals surface area contributed by atoms with Crippen molar-refractivity contribution in [1.82, 2.24) is 20.6 Å². The number of aromatic nitrogens is 2. The molecule has 0 aliphatic heterocycles. The van der Waals surface area contributed by atoms with E-state index in [-0.39, 0.29) is 6.61 Å². The van der Waals surface area contributed by atoms with Crippen LogP contribution in [0.15, 0.2) is 54.6 Å². The lowest BCUT2D eigenvalue weighted by molar-refractivity contribution is -0.123. The summed E-state index contributed by atoms with van der Waals surface area (Å²) in [4.78, 5) is 24.1. The van der Waals surface area contributed by atoms with Gasteiger partial charge in [-0.15, -0.1) is 0 Å². The molecule has 7 heteroatoms. The molecule has 2 aromatic carbocycles. The number of carbonyl (C=O) groups is 2. The summed E-state index contributed by atoms with van der Waals surface area (Å²) in [5.74, 6) is -0.258. The first kappa shape index (κ1) is 20.1. The van der Waals surface area contributed by atoms with Gasteiger partial charge in [-0.05, 0) is 68.3 Å². The molecule has 0 aliphatic rings. The van der Waals surface area contributed by atoms with Crippen LogP contribution in [0.3, 0.4) is 0 Å². The molecule has 0 radical (unpaired) electrons. The standard InChI is InChI=1S/C22H24N4O3/c1-4-17-5-11-20(12-6-17)29-14-21(27)23-24-22(28)18-7-9-19(10-8-18)26-16(3)13-15(2)25-26/h5-13H,4,14H2,1-3H3,(H,23,27)(H,24,28). The summed E-state index contributed by atoms with van der Waals surface area (Å²) >= 11 is 0. The predicted octanol–water partition coefficient (Wildman–Crippen LogP) is 2.89. The largest absolute Gasteiger partial charge is 0.484 e. The third-order valence-electron chi connectivity index (χ3n) is 4.40. The van der Waals surface area contributed by atoms with Gasteiger partial charge in [-0.25, -0.2) is 4.68 Å². The number of ether oxygens (including phenoxy) is 1. The smallest absolute Gasteiger partial charge is 0.276 e. The van der Waals surface area contributed by atoms with Crippen LogP contribution < -0.4 is 15.6 Å². The molecule has 0 bridgehead atoms. The van der Waals surface area contributed by atoms with E-state index >= 15 is 0 Å². The number of aryl methyl sites for hydroxylation is 3. The quantitative estimate of drug-likeness (QED) is 0.632. The third kappa shape index (κ3) is 5.22. The molecule has 7 nitrogen and oxygen atoms in total. The molecule has 2 amide bonds. The van der Waals surface area contributed by atoms with Gasteiger partial charge in [-0.3, -0.25) is 20.4 Å². The van der Waals surface area contributed by atoms with Crippen molar-refractivity contribution in [3.8, 4) is 11.4 Å². The summed E-state index contributed by atoms with van der Waals surface area (Å²) in [6.07, 6.45) is 0.939. The van der Waals surface area contributed by atoms with E-state index in [9.17, 15) is 9.59 Å². The van der Waals surface area contributed by atoms with Gasteiger partial charge in [0.1, 0.15) is 5.75 Å². The molecule has 0 aliphatic carbocycles. The van der Waals surface area contributed by atoms with Gasteiger partial charge in [-0.1, -0.05) is 19.1 Å². The Morgan fingerprint density at radius 1 is 1.00 bits per heavy atom. The minimum absolute atomic E-state index is 0.192. The minimum Gasteiger partial charge on any atom is -0.484 e. The number of nitrogens with one attached hydrogen (secondary N) is 2. The predicted molar refractivity (Wildman–Crippen MR) is 110 cm³/mol. The Morgan fingerprint density at radius 2 is 1.69 bits per heavy atom. The molecule has 0 fully saturated rings. The van der Waals surface area contributed by atoms with Crippen LogP contribution in [0.4, 0.5) is 0 Å². The van der Waals surface area contributed by atoms with E-state index in [0.717, 1.165) is 23.5 Å². The summed E-state index contributed by atoms with van der Waals surface area (Å²) in [6, 6.07) is 16.5. The molecule has 0 unspecified atom stereocenters. The zero-order valence-electron chi connectivity index (χ0n) is 16.7. The van der Waals surface area contributed by atoms with Crippen LogP contribution in [-0.4, -0.2) is 28.2 Å². The lowest BCUT2D eigenvalue weighted by Gasteiger charge is -2.10. The van der Waals surface area contributed by atoms with Crippen LogP contribution in [0, 0.1) is 13.8 Å². The van der Waals surface area contributed by atoms with Gasteiger partial charge in [0.05, 0.1) is 11.4 Å². The zero-order valence-corrected chi connectivity index (χ0v) is 16.7. The Balaban J connectivity index is 1.49. The molecule has 0 atom stereocenters. The number of rotatable bonds is 6. The molecule has 29 heavy (non-hydrogen) atoms. The average Bonchev–Trinajstić information content (AvgIpc) is 3.08. The number of hydrogen-bond acceptors (Lipinski definition) is 4. The summed E-state index contributed by atoms with van der Waals surface area (Å²) in [5.41, 5.74) is 9.15. The SMILES string of the molecule is CCc1ccc(OCC(=O)NNC(=O)c2ccc(-n3nc(C)cc3C)cc2)cc1. The van der Waals surface area contributed by atoms with Crippen LogP contribution in [-0.2, 0) is 11.2 Å². The van der Waals surface area contributed by atoms with Crippen molar-refractivity contribution in [3.05, 3.63) is 77.1 Å². The highest BCUT2D eigenvalue weighted by Gasteiger charge is 2.09. The van der Waals surface area contributed by atoms with Crippen LogP contribution >= 0.6 is 0 Å². The average molecular weight is 392 g/mol. The molecule has 3 aromatic rings. The maximum atomic E-state index is 12.2. The highest BCUT2D eigenvalue weighted by Crippen LogP contribution is 2.13. The lowest BCUT2D eigenvalue weighted by atomic mass is 10.2. The fourth-order valence-corrected chi connectivity index (χ4v) is 2.85. The van der Waals surface area contributed by atoms with Gasteiger partial charge in [0.25, 0.3) is 11.8 Å². The first-order chi connectivity index (χ1) is 14.0. The van der Waals surface area contributed by atoms with E-state index in [1.54, 1.807) is 24.3 Å². The maximum absolute atomic E-state index is 12.2. The number of hydrogen-bond donors (Lipinski definition) is 2. The molecule has 0 saturated carbocycles. The van der Waals surface area contributed by atoms with Crippen LogP contribution in [0.2, 0.25) is 0 Å². The molecule has 1 aromatic heterocycles. The number of nitrogens with zero attached hydrogens (tertiary/aromatic N) is 2. The van der Waals surface area contributed by atoms with Gasteiger partial charge in [0, 0.05) is 11.3 Å². The summed E-state index contributed by atoms with van der Waals surface area (Å²) in [7, 11) is 0. The van der Waals surface area contributed by atoms with E-state index < -0.39 is 11.8 Å². The fraction of sp³-hybridized carbons (Fsp3) is 0.227. The molecule has 150 valence electrons. The second kappa shape index (κ2) is 9.05. The summed E-state index contributed by atoms with van der Waals surface area (Å²) in [5, 5.41) is 4.41. The first-order valence-corrected chi connectivity index (χ1v) is 9.41. The van der Waals surface area contributed by atoms with Gasteiger partial charge < -0.3 is 4.74 Å². The van der Waals surface area contributed by atoms with Crippen molar-refractivity contribution < 1.29 is 14.3 Å². The Bertz CT molecular complexity index is 992. The van der Waals surface area contributed by atoms with E-state index in [1.165, 1.54) is 5.56 Å². The Morgan fingerprint density at radius 3 is 2.28 bits per heavy atom. The van der Waals surface area contributed by atoms with Crippen LogP contribution in [0.25, 0.3) is 5.69 Å². The van der Waals surface area contributed by atoms with Gasteiger partial charge in [-0.2, -0.15) is 5.10 Å². The number of benzene rings is 2. The molecule has 1 heterocycles. The Kier molecular flexibility index (Phi) is 6.29. The molecular formula is C22H24N4O3. The highest BCUT2D eigenvalue weighted by molar-refractivity contribution is 5.95. The Labute approximate surface area is 169 Å². The molecule has 2 N–H and O–H groups in total. The highest BCUT2D eigenvalue weighted by atomic mass is 16.5. The second-order valence-corrected chi connectivity index (χ2v) is 6.67. The second-order valence-electron chi connectivity index (χ2n) is 6.67. The number of carbonyl (C=O) groups excluding carboxylic acids is 2. The van der Waals surface area contributed by atoms with Crippen molar-refractivity contribution in [1.29, 1.82) is 0 Å². The normalized spacial score (nSPS) is 10.4. The van der Waals surface area contributed by atoms with Gasteiger partial charge in [0.15, 0.2) is 6.61 Å². The number of hydrazine groups is 1. The van der Waals surface area contributed by atoms with Crippen molar-refractivity contribution in [2.75, 3.05) is 6.61 Å². The van der Waals surface area contributed by atoms with Gasteiger partial charge in [0.2, 0.25) is 0 Å². The summed E-state index contributed by atoms with van der Waals surface area (Å²) in [6.45, 7) is 5.77. The first-order valence-electron chi connectivity index (χ1n) is 9.41. The molecule has 0 saturated heterocycles. The zero-order chi connectivity index (χ0) is 20.8. The van der Waals surface area contributed by atoms with Crippen LogP contribution in [0.5, 0.6) is 5.75 Å². The van der Waals surface area contributed by atoms with E-state index in [0.29, 0.717) is 11.3 Å². The molecule has 0 spiro atoms. The summed E-state index contributed by atoms with van der Waals surface area (Å²) < 4.78 is 7.22. The lowest BCUT2D eigenvalue weighted by Crippen LogP contribution is -2.43. The van der Waals surface area contributed by atoms with Gasteiger partial charge >= 0.3 is 0 Å². The minimum atomic E-state index is -0.447. The van der Waals surface area contributed by atoms with E-state index in [1.807, 2.05) is 48.9 Å². The topological polar surface area (TPSA) is 85.3 Å². The number of amides is 2. The van der Waals surface area contributed by atoms with Crippen molar-refractivity contribution in [2.24, 2.45) is 0 Å². The van der Waals surface area contributed by atoms with Crippen LogP contribution in [0.1, 0.15) is 34.2 Å². The molecular weight excluding hydrogens is 368 g/mol. The molecule has 3 rings (SSSR count).